The van der Waals surface area contributed by atoms with E-state index in [4.69, 9.17) is 10.5 Å². The van der Waals surface area contributed by atoms with Gasteiger partial charge in [0, 0.05) is 5.56 Å². The molecule has 2 rings (SSSR count). The van der Waals surface area contributed by atoms with Crippen LogP contribution in [-0.4, -0.2) is 16.7 Å². The van der Waals surface area contributed by atoms with Crippen LogP contribution in [0, 0.1) is 0 Å². The number of halogens is 3. The number of nitrogen functional groups attached to an aromatic ring is 1. The number of alkyl halides is 3. The van der Waals surface area contributed by atoms with Crippen molar-refractivity contribution in [2.75, 3.05) is 11.1 Å². The Kier molecular flexibility index (Phi) is 4.92. The third kappa shape index (κ3) is 5.10. The molecule has 1 amide bonds. The number of hydrogen-bond donors (Lipinski definition) is 2. The molecule has 0 saturated heterocycles. The molecule has 5 nitrogen and oxygen atoms in total. The number of hydrogen-bond acceptors (Lipinski definition) is 4. The summed E-state index contributed by atoms with van der Waals surface area (Å²) < 4.78 is 43.5. The normalized spacial score (nSPS) is 11.9. The van der Waals surface area contributed by atoms with E-state index in [1.165, 1.54) is 24.4 Å². The van der Waals surface area contributed by atoms with Gasteiger partial charge in [-0.05, 0) is 39.0 Å². The Balaban J connectivity index is 2.24. The van der Waals surface area contributed by atoms with Crippen molar-refractivity contribution in [1.82, 2.24) is 4.98 Å². The van der Waals surface area contributed by atoms with Crippen LogP contribution < -0.4 is 11.1 Å². The van der Waals surface area contributed by atoms with Crippen LogP contribution in [0.2, 0.25) is 0 Å². The monoisotopic (exact) mass is 353 g/mol. The van der Waals surface area contributed by atoms with Gasteiger partial charge in [-0.25, -0.2) is 4.79 Å². The van der Waals surface area contributed by atoms with Crippen LogP contribution in [0.5, 0.6) is 0 Å². The number of ether oxygens (including phenoxy) is 1. The predicted octanol–water partition coefficient (Wildman–Crippen LogP) is 4.70. The summed E-state index contributed by atoms with van der Waals surface area (Å²) in [5.41, 5.74) is 5.31. The molecule has 25 heavy (non-hydrogen) atoms. The standard InChI is InChI=1S/C17H18F3N3O2/c1-16(2,3)25-15(24)23-14-9-22-13(8-12(14)21)10-5-4-6-11(7-10)17(18,19)20/h4-9H,1-3H3,(H2,21,22)(H,23,24). The molecular formula is C17H18F3N3O2. The second kappa shape index (κ2) is 6.62. The van der Waals surface area contributed by atoms with Crippen LogP contribution in [0.25, 0.3) is 11.3 Å². The highest BCUT2D eigenvalue weighted by Crippen LogP contribution is 2.32. The number of pyridine rings is 1. The largest absolute Gasteiger partial charge is 0.444 e. The fraction of sp³-hybridized carbons (Fsp3) is 0.294. The van der Waals surface area contributed by atoms with Crippen LogP contribution in [0.15, 0.2) is 36.5 Å². The summed E-state index contributed by atoms with van der Waals surface area (Å²) in [6.07, 6.45) is -3.87. The lowest BCUT2D eigenvalue weighted by atomic mass is 10.1. The summed E-state index contributed by atoms with van der Waals surface area (Å²) in [5, 5.41) is 2.45. The number of aromatic nitrogens is 1. The van der Waals surface area contributed by atoms with Crippen molar-refractivity contribution in [1.29, 1.82) is 0 Å². The van der Waals surface area contributed by atoms with Crippen molar-refractivity contribution in [2.24, 2.45) is 0 Å². The second-order valence-electron chi connectivity index (χ2n) is 6.36. The molecule has 0 aliphatic heterocycles. The number of anilines is 2. The summed E-state index contributed by atoms with van der Waals surface area (Å²) in [6.45, 7) is 5.14. The highest BCUT2D eigenvalue weighted by molar-refractivity contribution is 5.89. The minimum Gasteiger partial charge on any atom is -0.444 e. The van der Waals surface area contributed by atoms with Crippen LogP contribution >= 0.6 is 0 Å². The van der Waals surface area contributed by atoms with Crippen molar-refractivity contribution < 1.29 is 22.7 Å². The van der Waals surface area contributed by atoms with Crippen molar-refractivity contribution in [3.63, 3.8) is 0 Å². The molecule has 134 valence electrons. The Labute approximate surface area is 143 Å². The fourth-order valence-corrected chi connectivity index (χ4v) is 2.00. The number of rotatable bonds is 2. The third-order valence-corrected chi connectivity index (χ3v) is 3.06. The SMILES string of the molecule is CC(C)(C)OC(=O)Nc1cnc(-c2cccc(C(F)(F)F)c2)cc1N. The molecule has 0 bridgehead atoms. The molecule has 0 aliphatic carbocycles. The Hall–Kier alpha value is -2.77. The first kappa shape index (κ1) is 18.6. The quantitative estimate of drug-likeness (QED) is 0.821. The summed E-state index contributed by atoms with van der Waals surface area (Å²) in [5.74, 6) is 0. The molecule has 1 aromatic carbocycles. The first-order chi connectivity index (χ1) is 11.5. The zero-order chi connectivity index (χ0) is 18.8. The minimum atomic E-state index is -4.44. The second-order valence-corrected chi connectivity index (χ2v) is 6.36. The van der Waals surface area contributed by atoms with Gasteiger partial charge in [-0.15, -0.1) is 0 Å². The Bertz CT molecular complexity index is 783. The number of carbonyl (C=O) groups is 1. The predicted molar refractivity (Wildman–Crippen MR) is 88.9 cm³/mol. The maximum atomic E-state index is 12.8. The minimum absolute atomic E-state index is 0.160. The van der Waals surface area contributed by atoms with Crippen LogP contribution in [0.3, 0.4) is 0 Å². The highest BCUT2D eigenvalue weighted by atomic mass is 19.4. The lowest BCUT2D eigenvalue weighted by Gasteiger charge is -2.20. The van der Waals surface area contributed by atoms with E-state index >= 15 is 0 Å². The van der Waals surface area contributed by atoms with Crippen LogP contribution in [0.4, 0.5) is 29.3 Å². The van der Waals surface area contributed by atoms with E-state index < -0.39 is 23.4 Å². The summed E-state index contributed by atoms with van der Waals surface area (Å²) in [7, 11) is 0. The van der Waals surface area contributed by atoms with Gasteiger partial charge in [0.15, 0.2) is 0 Å². The molecule has 2 aromatic rings. The number of nitrogens with zero attached hydrogens (tertiary/aromatic N) is 1. The third-order valence-electron chi connectivity index (χ3n) is 3.06. The average molecular weight is 353 g/mol. The lowest BCUT2D eigenvalue weighted by molar-refractivity contribution is -0.137. The van der Waals surface area contributed by atoms with Crippen molar-refractivity contribution >= 4 is 17.5 Å². The molecule has 1 aromatic heterocycles. The van der Waals surface area contributed by atoms with Crippen LogP contribution in [-0.2, 0) is 10.9 Å². The first-order valence-electron chi connectivity index (χ1n) is 7.39. The van der Waals surface area contributed by atoms with Gasteiger partial charge < -0.3 is 10.5 Å². The highest BCUT2D eigenvalue weighted by Gasteiger charge is 2.30. The Morgan fingerprint density at radius 2 is 1.88 bits per heavy atom. The zero-order valence-corrected chi connectivity index (χ0v) is 13.9. The molecule has 0 radical (unpaired) electrons. The summed E-state index contributed by atoms with van der Waals surface area (Å²) >= 11 is 0. The van der Waals surface area contributed by atoms with Gasteiger partial charge in [-0.2, -0.15) is 13.2 Å². The maximum Gasteiger partial charge on any atom is 0.416 e. The van der Waals surface area contributed by atoms with E-state index in [2.05, 4.69) is 10.3 Å². The number of benzene rings is 1. The van der Waals surface area contributed by atoms with E-state index in [0.29, 0.717) is 0 Å². The number of amides is 1. The van der Waals surface area contributed by atoms with Gasteiger partial charge in [0.05, 0.1) is 28.8 Å². The van der Waals surface area contributed by atoms with Crippen molar-refractivity contribution in [3.05, 3.63) is 42.1 Å². The summed E-state index contributed by atoms with van der Waals surface area (Å²) in [6, 6.07) is 6.15. The van der Waals surface area contributed by atoms with Gasteiger partial charge in [-0.1, -0.05) is 12.1 Å². The van der Waals surface area contributed by atoms with Crippen LogP contribution in [0.1, 0.15) is 26.3 Å². The van der Waals surface area contributed by atoms with Gasteiger partial charge >= 0.3 is 12.3 Å². The van der Waals surface area contributed by atoms with Gasteiger partial charge in [0.1, 0.15) is 5.60 Å². The molecule has 8 heteroatoms. The first-order valence-corrected chi connectivity index (χ1v) is 7.39. The van der Waals surface area contributed by atoms with E-state index in [1.54, 1.807) is 20.8 Å². The Morgan fingerprint density at radius 1 is 1.20 bits per heavy atom. The zero-order valence-electron chi connectivity index (χ0n) is 13.9. The summed E-state index contributed by atoms with van der Waals surface area (Å²) in [4.78, 5) is 15.8. The molecule has 1 heterocycles. The van der Waals surface area contributed by atoms with Gasteiger partial charge in [-0.3, -0.25) is 10.3 Å². The van der Waals surface area contributed by atoms with Crippen molar-refractivity contribution in [3.8, 4) is 11.3 Å². The van der Waals surface area contributed by atoms with E-state index in [9.17, 15) is 18.0 Å². The van der Waals surface area contributed by atoms with E-state index in [0.717, 1.165) is 12.1 Å². The maximum absolute atomic E-state index is 12.8. The van der Waals surface area contributed by atoms with Crippen molar-refractivity contribution in [2.45, 2.75) is 32.5 Å². The number of nitrogens with one attached hydrogen (secondary N) is 1. The topological polar surface area (TPSA) is 77.2 Å². The number of nitrogens with two attached hydrogens (primary N) is 1. The van der Waals surface area contributed by atoms with Gasteiger partial charge in [0.25, 0.3) is 0 Å². The molecule has 0 saturated carbocycles. The lowest BCUT2D eigenvalue weighted by Crippen LogP contribution is -2.27. The molecule has 0 aliphatic rings. The molecule has 3 N–H and O–H groups in total. The van der Waals surface area contributed by atoms with Gasteiger partial charge in [0.2, 0.25) is 0 Å². The number of carbonyl (C=O) groups excluding carboxylic acids is 1. The Morgan fingerprint density at radius 3 is 2.44 bits per heavy atom. The molecular weight excluding hydrogens is 335 g/mol. The molecule has 0 unspecified atom stereocenters. The average Bonchev–Trinajstić information content (AvgIpc) is 2.46. The molecule has 0 spiro atoms. The fourth-order valence-electron chi connectivity index (χ4n) is 2.00. The molecule has 0 atom stereocenters. The van der Waals surface area contributed by atoms with E-state index in [1.807, 2.05) is 0 Å². The smallest absolute Gasteiger partial charge is 0.416 e. The van der Waals surface area contributed by atoms with E-state index in [-0.39, 0.29) is 22.6 Å². The molecule has 0 fully saturated rings.